The fourth-order valence-corrected chi connectivity index (χ4v) is 4.28. The van der Waals surface area contributed by atoms with E-state index >= 15 is 0 Å². The van der Waals surface area contributed by atoms with E-state index in [9.17, 15) is 21.6 Å². The number of rotatable bonds is 5. The molecule has 1 fully saturated rings. The van der Waals surface area contributed by atoms with Crippen LogP contribution in [0, 0.1) is 12.8 Å². The second-order valence-corrected chi connectivity index (χ2v) is 8.90. The Morgan fingerprint density at radius 3 is 2.38 bits per heavy atom. The molecule has 2 rings (SSSR count). The number of aliphatic imine (C=N–C) groups is 1. The van der Waals surface area contributed by atoms with Gasteiger partial charge in [-0.3, -0.25) is 4.99 Å². The molecule has 1 aromatic carbocycles. The summed E-state index contributed by atoms with van der Waals surface area (Å²) in [5, 5.41) is 6.49. The molecule has 0 saturated carbocycles. The minimum absolute atomic E-state index is 0. The van der Waals surface area contributed by atoms with Crippen molar-refractivity contribution in [3.8, 4) is 0 Å². The molecule has 29 heavy (non-hydrogen) atoms. The second kappa shape index (κ2) is 10.8. The molecule has 1 saturated heterocycles. The molecule has 0 aliphatic carbocycles. The number of hydrogen-bond donors (Lipinski definition) is 2. The Labute approximate surface area is 187 Å². The Balaban J connectivity index is 0.00000420. The van der Waals surface area contributed by atoms with Crippen LogP contribution in [-0.2, 0) is 10.0 Å². The van der Waals surface area contributed by atoms with Gasteiger partial charge in [-0.2, -0.15) is 17.5 Å². The highest BCUT2D eigenvalue weighted by Crippen LogP contribution is 2.30. The number of piperidine rings is 1. The molecule has 1 atom stereocenters. The van der Waals surface area contributed by atoms with E-state index in [4.69, 9.17) is 0 Å². The van der Waals surface area contributed by atoms with Gasteiger partial charge < -0.3 is 10.6 Å². The third-order valence-electron chi connectivity index (χ3n) is 5.00. The summed E-state index contributed by atoms with van der Waals surface area (Å²) in [6, 6.07) is 8.05. The molecular weight excluding hydrogens is 520 g/mol. The van der Waals surface area contributed by atoms with Crippen LogP contribution in [0.15, 0.2) is 29.3 Å². The first-order chi connectivity index (χ1) is 13.1. The van der Waals surface area contributed by atoms with Gasteiger partial charge in [-0.25, -0.2) is 8.42 Å². The van der Waals surface area contributed by atoms with Crippen molar-refractivity contribution in [1.82, 2.24) is 14.9 Å². The average molecular weight is 548 g/mol. The van der Waals surface area contributed by atoms with Crippen LogP contribution < -0.4 is 10.6 Å². The number of hydrogen-bond acceptors (Lipinski definition) is 3. The van der Waals surface area contributed by atoms with Gasteiger partial charge in [-0.1, -0.05) is 24.3 Å². The maximum absolute atomic E-state index is 12.6. The average Bonchev–Trinajstić information content (AvgIpc) is 2.64. The maximum atomic E-state index is 12.6. The number of benzene rings is 1. The Kier molecular flexibility index (Phi) is 9.67. The van der Waals surface area contributed by atoms with Gasteiger partial charge in [-0.05, 0) is 43.7 Å². The van der Waals surface area contributed by atoms with Gasteiger partial charge in [0, 0.05) is 26.7 Å². The summed E-state index contributed by atoms with van der Waals surface area (Å²) in [6.45, 7) is 4.32. The van der Waals surface area contributed by atoms with Crippen molar-refractivity contribution in [2.45, 2.75) is 38.2 Å². The molecular formula is C18H28F3IN4O2S. The molecule has 1 heterocycles. The molecule has 0 spiro atoms. The SMILES string of the molecule is CN=C(NCC1CCN(S(=O)(=O)C(F)(F)F)CC1)NC(C)c1ccccc1C.I. The highest BCUT2D eigenvalue weighted by molar-refractivity contribution is 14.0. The van der Waals surface area contributed by atoms with E-state index in [1.54, 1.807) is 7.05 Å². The van der Waals surface area contributed by atoms with Crippen molar-refractivity contribution >= 4 is 40.0 Å². The standard InChI is InChI=1S/C18H27F3N4O2S.HI/c1-13-6-4-5-7-16(13)14(2)24-17(22-3)23-12-15-8-10-25(11-9-15)28(26,27)18(19,20)21;/h4-7,14-15H,8-12H2,1-3H3,(H2,22,23,24);1H. The fourth-order valence-electron chi connectivity index (χ4n) is 3.29. The molecule has 0 radical (unpaired) electrons. The van der Waals surface area contributed by atoms with Gasteiger partial charge in [-0.15, -0.1) is 24.0 Å². The number of aryl methyl sites for hydroxylation is 1. The third kappa shape index (κ3) is 6.71. The van der Waals surface area contributed by atoms with E-state index in [-0.39, 0.29) is 49.0 Å². The molecule has 0 aromatic heterocycles. The summed E-state index contributed by atoms with van der Waals surface area (Å²) >= 11 is 0. The molecule has 0 bridgehead atoms. The summed E-state index contributed by atoms with van der Waals surface area (Å²) < 4.78 is 61.4. The highest BCUT2D eigenvalue weighted by atomic mass is 127. The lowest BCUT2D eigenvalue weighted by Gasteiger charge is -2.32. The van der Waals surface area contributed by atoms with Crippen LogP contribution in [-0.4, -0.2) is 50.9 Å². The lowest BCUT2D eigenvalue weighted by molar-refractivity contribution is -0.0496. The van der Waals surface area contributed by atoms with Crippen molar-refractivity contribution in [1.29, 1.82) is 0 Å². The monoisotopic (exact) mass is 548 g/mol. The summed E-state index contributed by atoms with van der Waals surface area (Å²) in [4.78, 5) is 4.19. The summed E-state index contributed by atoms with van der Waals surface area (Å²) in [5.41, 5.74) is -2.93. The van der Waals surface area contributed by atoms with Crippen LogP contribution in [0.3, 0.4) is 0 Å². The predicted octanol–water partition coefficient (Wildman–Crippen LogP) is 3.40. The quantitative estimate of drug-likeness (QED) is 0.336. The minimum Gasteiger partial charge on any atom is -0.356 e. The van der Waals surface area contributed by atoms with Crippen molar-refractivity contribution in [2.75, 3.05) is 26.7 Å². The molecule has 2 N–H and O–H groups in total. The van der Waals surface area contributed by atoms with Gasteiger partial charge in [0.1, 0.15) is 0 Å². The molecule has 11 heteroatoms. The summed E-state index contributed by atoms with van der Waals surface area (Å²) in [7, 11) is -3.58. The molecule has 6 nitrogen and oxygen atoms in total. The second-order valence-electron chi connectivity index (χ2n) is 6.97. The number of nitrogens with one attached hydrogen (secondary N) is 2. The highest BCUT2D eigenvalue weighted by Gasteiger charge is 2.50. The topological polar surface area (TPSA) is 73.8 Å². The van der Waals surface area contributed by atoms with Gasteiger partial charge >= 0.3 is 15.5 Å². The Bertz CT molecular complexity index is 795. The van der Waals surface area contributed by atoms with Crippen molar-refractivity contribution < 1.29 is 21.6 Å². The van der Waals surface area contributed by atoms with Gasteiger partial charge in [0.15, 0.2) is 5.96 Å². The number of nitrogens with zero attached hydrogens (tertiary/aromatic N) is 2. The van der Waals surface area contributed by atoms with Crippen molar-refractivity contribution in [3.05, 3.63) is 35.4 Å². The normalized spacial score (nSPS) is 18.1. The first-order valence-corrected chi connectivity index (χ1v) is 10.6. The largest absolute Gasteiger partial charge is 0.511 e. The third-order valence-corrected chi connectivity index (χ3v) is 6.63. The van der Waals surface area contributed by atoms with E-state index in [1.807, 2.05) is 38.1 Å². The first kappa shape index (κ1) is 26.0. The molecule has 1 unspecified atom stereocenters. The zero-order chi connectivity index (χ0) is 20.9. The van der Waals surface area contributed by atoms with Crippen LogP contribution in [0.1, 0.15) is 36.9 Å². The number of sulfonamides is 1. The Morgan fingerprint density at radius 2 is 1.86 bits per heavy atom. The fraction of sp³-hybridized carbons (Fsp3) is 0.611. The van der Waals surface area contributed by atoms with Crippen LogP contribution in [0.5, 0.6) is 0 Å². The molecule has 1 aliphatic heterocycles. The van der Waals surface area contributed by atoms with E-state index in [0.29, 0.717) is 29.7 Å². The van der Waals surface area contributed by atoms with E-state index in [2.05, 4.69) is 15.6 Å². The van der Waals surface area contributed by atoms with E-state index < -0.39 is 15.5 Å². The molecule has 1 aromatic rings. The Morgan fingerprint density at radius 1 is 1.28 bits per heavy atom. The lowest BCUT2D eigenvalue weighted by atomic mass is 9.98. The zero-order valence-corrected chi connectivity index (χ0v) is 19.8. The van der Waals surface area contributed by atoms with Gasteiger partial charge in [0.05, 0.1) is 6.04 Å². The predicted molar refractivity (Wildman–Crippen MR) is 119 cm³/mol. The minimum atomic E-state index is -5.24. The van der Waals surface area contributed by atoms with Crippen LogP contribution in [0.4, 0.5) is 13.2 Å². The molecule has 166 valence electrons. The number of guanidine groups is 1. The number of alkyl halides is 3. The van der Waals surface area contributed by atoms with E-state index in [1.165, 1.54) is 0 Å². The summed E-state index contributed by atoms with van der Waals surface area (Å²) in [5.74, 6) is 0.674. The zero-order valence-electron chi connectivity index (χ0n) is 16.7. The molecule has 1 aliphatic rings. The smallest absolute Gasteiger partial charge is 0.356 e. The molecule has 0 amide bonds. The van der Waals surface area contributed by atoms with Crippen molar-refractivity contribution in [3.63, 3.8) is 0 Å². The van der Waals surface area contributed by atoms with Gasteiger partial charge in [0.2, 0.25) is 0 Å². The van der Waals surface area contributed by atoms with Crippen LogP contribution in [0.25, 0.3) is 0 Å². The van der Waals surface area contributed by atoms with Crippen LogP contribution in [0.2, 0.25) is 0 Å². The first-order valence-electron chi connectivity index (χ1n) is 9.15. The van der Waals surface area contributed by atoms with Crippen LogP contribution >= 0.6 is 24.0 Å². The van der Waals surface area contributed by atoms with Gasteiger partial charge in [0.25, 0.3) is 0 Å². The van der Waals surface area contributed by atoms with E-state index in [0.717, 1.165) is 11.1 Å². The summed E-state index contributed by atoms with van der Waals surface area (Å²) in [6.07, 6.45) is 0.735. The maximum Gasteiger partial charge on any atom is 0.511 e. The Hall–Kier alpha value is -1.08. The lowest BCUT2D eigenvalue weighted by Crippen LogP contribution is -2.47. The van der Waals surface area contributed by atoms with Crippen molar-refractivity contribution in [2.24, 2.45) is 10.9 Å². The number of halogens is 4.